The molecular formula is C15H17N3O. The van der Waals surface area contributed by atoms with E-state index in [0.29, 0.717) is 12.1 Å². The molecule has 0 aliphatic carbocycles. The summed E-state index contributed by atoms with van der Waals surface area (Å²) in [5, 5.41) is 12.9. The number of nitriles is 1. The fourth-order valence-corrected chi connectivity index (χ4v) is 2.08. The molecule has 0 aliphatic rings. The lowest BCUT2D eigenvalue weighted by atomic mass is 10.2. The molecule has 0 atom stereocenters. The molecular weight excluding hydrogens is 238 g/mol. The Hall–Kier alpha value is -2.28. The molecule has 0 aliphatic heterocycles. The summed E-state index contributed by atoms with van der Waals surface area (Å²) in [5.74, 6) is -0.0151. The number of nitrogens with zero attached hydrogens (tertiary/aromatic N) is 2. The van der Waals surface area contributed by atoms with Crippen molar-refractivity contribution in [2.24, 2.45) is 0 Å². The zero-order valence-electron chi connectivity index (χ0n) is 11.0. The van der Waals surface area contributed by atoms with Gasteiger partial charge in [0.25, 0.3) is 0 Å². The number of benzene rings is 1. The van der Waals surface area contributed by atoms with Crippen LogP contribution in [0.15, 0.2) is 30.5 Å². The van der Waals surface area contributed by atoms with Crippen LogP contribution >= 0.6 is 0 Å². The van der Waals surface area contributed by atoms with Gasteiger partial charge in [0.2, 0.25) is 5.91 Å². The van der Waals surface area contributed by atoms with Gasteiger partial charge in [0.15, 0.2) is 0 Å². The second-order valence-electron chi connectivity index (χ2n) is 4.50. The smallest absolute Gasteiger partial charge is 0.239 e. The van der Waals surface area contributed by atoms with Crippen LogP contribution in [0.2, 0.25) is 0 Å². The minimum atomic E-state index is -0.0151. The number of unbranched alkanes of at least 4 members (excludes halogenated alkanes) is 1. The van der Waals surface area contributed by atoms with Crippen LogP contribution in [0, 0.1) is 11.3 Å². The van der Waals surface area contributed by atoms with Crippen LogP contribution in [0.25, 0.3) is 10.9 Å². The summed E-state index contributed by atoms with van der Waals surface area (Å²) in [6.07, 6.45) is 3.79. The molecule has 2 aromatic rings. The Morgan fingerprint density at radius 2 is 2.21 bits per heavy atom. The minimum absolute atomic E-state index is 0.0151. The van der Waals surface area contributed by atoms with Gasteiger partial charge >= 0.3 is 0 Å². The van der Waals surface area contributed by atoms with Gasteiger partial charge in [0.05, 0.1) is 5.56 Å². The van der Waals surface area contributed by atoms with Crippen LogP contribution in [-0.2, 0) is 11.3 Å². The van der Waals surface area contributed by atoms with Gasteiger partial charge in [0.1, 0.15) is 12.6 Å². The Bertz CT molecular complexity index is 622. The van der Waals surface area contributed by atoms with Gasteiger partial charge in [-0.2, -0.15) is 5.26 Å². The Labute approximate surface area is 112 Å². The summed E-state index contributed by atoms with van der Waals surface area (Å²) in [6.45, 7) is 3.05. The number of nitrogens with one attached hydrogen (secondary N) is 1. The predicted octanol–water partition coefficient (Wildman–Crippen LogP) is 2.43. The summed E-state index contributed by atoms with van der Waals surface area (Å²) in [7, 11) is 0. The summed E-state index contributed by atoms with van der Waals surface area (Å²) in [6, 6.07) is 9.80. The van der Waals surface area contributed by atoms with Crippen LogP contribution in [0.1, 0.15) is 25.3 Å². The summed E-state index contributed by atoms with van der Waals surface area (Å²) in [4.78, 5) is 11.8. The number of carbonyl (C=O) groups excluding carboxylic acids is 1. The summed E-state index contributed by atoms with van der Waals surface area (Å²) >= 11 is 0. The average Bonchev–Trinajstić information content (AvgIpc) is 2.77. The van der Waals surface area contributed by atoms with E-state index in [9.17, 15) is 4.79 Å². The van der Waals surface area contributed by atoms with Crippen molar-refractivity contribution in [2.75, 3.05) is 6.54 Å². The van der Waals surface area contributed by atoms with Crippen molar-refractivity contribution in [2.45, 2.75) is 26.3 Å². The van der Waals surface area contributed by atoms with E-state index < -0.39 is 0 Å². The largest absolute Gasteiger partial charge is 0.355 e. The second-order valence-corrected chi connectivity index (χ2v) is 4.50. The van der Waals surface area contributed by atoms with Crippen LogP contribution in [-0.4, -0.2) is 17.0 Å². The number of para-hydroxylation sites is 1. The van der Waals surface area contributed by atoms with E-state index in [1.165, 1.54) is 0 Å². The molecule has 4 heteroatoms. The monoisotopic (exact) mass is 255 g/mol. The van der Waals surface area contributed by atoms with Gasteiger partial charge in [-0.25, -0.2) is 0 Å². The maximum absolute atomic E-state index is 11.8. The molecule has 0 unspecified atom stereocenters. The normalized spacial score (nSPS) is 10.3. The third kappa shape index (κ3) is 2.94. The predicted molar refractivity (Wildman–Crippen MR) is 74.6 cm³/mol. The standard InChI is InChI=1S/C15H17N3O/c1-2-3-8-17-15(19)11-18-10-12(9-16)13-6-4-5-7-14(13)18/h4-7,10H,2-3,8,11H2,1H3,(H,17,19). The van der Waals surface area contributed by atoms with Crippen molar-refractivity contribution in [3.8, 4) is 6.07 Å². The highest BCUT2D eigenvalue weighted by atomic mass is 16.1. The lowest BCUT2D eigenvalue weighted by Crippen LogP contribution is -2.28. The van der Waals surface area contributed by atoms with E-state index in [1.54, 1.807) is 6.20 Å². The Morgan fingerprint density at radius 1 is 1.42 bits per heavy atom. The number of hydrogen-bond acceptors (Lipinski definition) is 2. The zero-order chi connectivity index (χ0) is 13.7. The number of fused-ring (bicyclic) bond motifs is 1. The number of amides is 1. The van der Waals surface area contributed by atoms with Crippen LogP contribution < -0.4 is 5.32 Å². The Balaban J connectivity index is 2.17. The van der Waals surface area contributed by atoms with Gasteiger partial charge in [-0.05, 0) is 12.5 Å². The Kier molecular flexibility index (Phi) is 4.19. The molecule has 0 saturated carbocycles. The molecule has 1 aromatic carbocycles. The maximum atomic E-state index is 11.8. The lowest BCUT2D eigenvalue weighted by Gasteiger charge is -2.06. The van der Waals surface area contributed by atoms with Crippen LogP contribution in [0.4, 0.5) is 0 Å². The maximum Gasteiger partial charge on any atom is 0.239 e. The van der Waals surface area contributed by atoms with Crippen molar-refractivity contribution in [3.63, 3.8) is 0 Å². The first-order chi connectivity index (χ1) is 9.26. The first-order valence-electron chi connectivity index (χ1n) is 6.51. The molecule has 0 bridgehead atoms. The van der Waals surface area contributed by atoms with Gasteiger partial charge in [-0.15, -0.1) is 0 Å². The fourth-order valence-electron chi connectivity index (χ4n) is 2.08. The third-order valence-corrected chi connectivity index (χ3v) is 3.08. The first kappa shape index (κ1) is 13.2. The second kappa shape index (κ2) is 6.05. The molecule has 4 nitrogen and oxygen atoms in total. The van der Waals surface area contributed by atoms with Crippen LogP contribution in [0.5, 0.6) is 0 Å². The molecule has 1 N–H and O–H groups in total. The minimum Gasteiger partial charge on any atom is -0.355 e. The van der Waals surface area contributed by atoms with E-state index in [-0.39, 0.29) is 12.5 Å². The molecule has 19 heavy (non-hydrogen) atoms. The van der Waals surface area contributed by atoms with E-state index in [2.05, 4.69) is 18.3 Å². The SMILES string of the molecule is CCCCNC(=O)Cn1cc(C#N)c2ccccc21. The molecule has 98 valence electrons. The fraction of sp³-hybridized carbons (Fsp3) is 0.333. The molecule has 0 fully saturated rings. The average molecular weight is 255 g/mol. The van der Waals surface area contributed by atoms with Crippen molar-refractivity contribution < 1.29 is 4.79 Å². The van der Waals surface area contributed by atoms with Gasteiger partial charge < -0.3 is 9.88 Å². The van der Waals surface area contributed by atoms with Crippen LogP contribution in [0.3, 0.4) is 0 Å². The van der Waals surface area contributed by atoms with Crippen molar-refractivity contribution in [1.29, 1.82) is 5.26 Å². The molecule has 0 radical (unpaired) electrons. The number of hydrogen-bond donors (Lipinski definition) is 1. The molecule has 1 amide bonds. The molecule has 2 rings (SSSR count). The Morgan fingerprint density at radius 3 is 2.95 bits per heavy atom. The molecule has 0 saturated heterocycles. The highest BCUT2D eigenvalue weighted by Gasteiger charge is 2.09. The summed E-state index contributed by atoms with van der Waals surface area (Å²) < 4.78 is 1.83. The number of aromatic nitrogens is 1. The van der Waals surface area contributed by atoms with Gasteiger partial charge in [-0.1, -0.05) is 31.5 Å². The summed E-state index contributed by atoms with van der Waals surface area (Å²) in [5.41, 5.74) is 1.53. The highest BCUT2D eigenvalue weighted by Crippen LogP contribution is 2.20. The van der Waals surface area contributed by atoms with Crippen molar-refractivity contribution >= 4 is 16.8 Å². The van der Waals surface area contributed by atoms with Gasteiger partial charge in [-0.3, -0.25) is 4.79 Å². The lowest BCUT2D eigenvalue weighted by molar-refractivity contribution is -0.121. The molecule has 1 heterocycles. The molecule has 0 spiro atoms. The van der Waals surface area contributed by atoms with E-state index >= 15 is 0 Å². The quantitative estimate of drug-likeness (QED) is 0.834. The third-order valence-electron chi connectivity index (χ3n) is 3.08. The van der Waals surface area contributed by atoms with Crippen molar-refractivity contribution in [3.05, 3.63) is 36.0 Å². The zero-order valence-corrected chi connectivity index (χ0v) is 11.0. The van der Waals surface area contributed by atoms with E-state index in [1.807, 2.05) is 28.8 Å². The molecule has 1 aromatic heterocycles. The number of carbonyl (C=O) groups is 1. The van der Waals surface area contributed by atoms with Gasteiger partial charge in [0, 0.05) is 23.6 Å². The van der Waals surface area contributed by atoms with E-state index in [0.717, 1.165) is 23.7 Å². The van der Waals surface area contributed by atoms with E-state index in [4.69, 9.17) is 5.26 Å². The first-order valence-corrected chi connectivity index (χ1v) is 6.51. The number of rotatable bonds is 5. The topological polar surface area (TPSA) is 57.8 Å². The highest BCUT2D eigenvalue weighted by molar-refractivity contribution is 5.88. The van der Waals surface area contributed by atoms with Crippen molar-refractivity contribution in [1.82, 2.24) is 9.88 Å².